The monoisotopic (exact) mass is 393 g/mol. The average molecular weight is 394 g/mol. The molecule has 1 aromatic carbocycles. The van der Waals surface area contributed by atoms with Gasteiger partial charge in [0.05, 0.1) is 0 Å². The number of carbonyl (C=O) groups excluding carboxylic acids is 1. The lowest BCUT2D eigenvalue weighted by molar-refractivity contribution is 0.0950. The zero-order valence-corrected chi connectivity index (χ0v) is 16.0. The lowest BCUT2D eigenvalue weighted by Crippen LogP contribution is -2.33. The van der Waals surface area contributed by atoms with Crippen molar-refractivity contribution in [1.82, 2.24) is 10.6 Å². The van der Waals surface area contributed by atoms with Gasteiger partial charge in [-0.2, -0.15) is 0 Å². The fourth-order valence-corrected chi connectivity index (χ4v) is 5.05. The first-order valence-electron chi connectivity index (χ1n) is 8.70. The minimum absolute atomic E-state index is 0.189. The van der Waals surface area contributed by atoms with E-state index < -0.39 is 10.0 Å². The van der Waals surface area contributed by atoms with Crippen LogP contribution in [0.2, 0.25) is 0 Å². The predicted molar refractivity (Wildman–Crippen MR) is 104 cm³/mol. The Hall–Kier alpha value is -1.90. The lowest BCUT2D eigenvalue weighted by atomic mass is 9.96. The van der Waals surface area contributed by atoms with Crippen LogP contribution in [0.4, 0.5) is 5.69 Å². The van der Waals surface area contributed by atoms with Crippen molar-refractivity contribution in [1.29, 1.82) is 0 Å². The molecule has 1 aliphatic rings. The van der Waals surface area contributed by atoms with Gasteiger partial charge in [-0.1, -0.05) is 12.1 Å². The molecule has 1 fully saturated rings. The maximum Gasteiger partial charge on any atom is 0.271 e. The predicted octanol–water partition coefficient (Wildman–Crippen LogP) is 2.67. The number of rotatable bonds is 7. The second kappa shape index (κ2) is 8.66. The number of carbonyl (C=O) groups is 1. The Kier molecular flexibility index (Phi) is 6.29. The van der Waals surface area contributed by atoms with E-state index in [1.807, 2.05) is 0 Å². The van der Waals surface area contributed by atoms with Gasteiger partial charge >= 0.3 is 0 Å². The van der Waals surface area contributed by atoms with E-state index in [9.17, 15) is 13.2 Å². The van der Waals surface area contributed by atoms with Crippen LogP contribution in [0, 0.1) is 5.92 Å². The highest BCUT2D eigenvalue weighted by Crippen LogP contribution is 2.21. The average Bonchev–Trinajstić information content (AvgIpc) is 3.18. The third-order valence-electron chi connectivity index (χ3n) is 4.37. The minimum Gasteiger partial charge on any atom is -0.352 e. The number of amides is 1. The maximum absolute atomic E-state index is 12.3. The Morgan fingerprint density at radius 3 is 2.88 bits per heavy atom. The highest BCUT2D eigenvalue weighted by molar-refractivity contribution is 7.94. The molecule has 2 aromatic rings. The van der Waals surface area contributed by atoms with Gasteiger partial charge in [0.2, 0.25) is 0 Å². The highest BCUT2D eigenvalue weighted by atomic mass is 32.2. The molecular weight excluding hydrogens is 370 g/mol. The van der Waals surface area contributed by atoms with Gasteiger partial charge in [-0.25, -0.2) is 8.42 Å². The number of sulfonamides is 1. The largest absolute Gasteiger partial charge is 0.352 e. The van der Waals surface area contributed by atoms with Crippen molar-refractivity contribution in [3.8, 4) is 0 Å². The third-order valence-corrected chi connectivity index (χ3v) is 7.15. The molecule has 2 heterocycles. The van der Waals surface area contributed by atoms with E-state index in [2.05, 4.69) is 15.4 Å². The molecule has 140 valence electrons. The summed E-state index contributed by atoms with van der Waals surface area (Å²) in [6.07, 6.45) is 3.33. The molecule has 3 rings (SSSR count). The van der Waals surface area contributed by atoms with Crippen LogP contribution in [0.25, 0.3) is 0 Å². The fourth-order valence-electron chi connectivity index (χ4n) is 3.01. The van der Waals surface area contributed by atoms with E-state index in [4.69, 9.17) is 0 Å². The van der Waals surface area contributed by atoms with Gasteiger partial charge in [-0.3, -0.25) is 9.52 Å². The van der Waals surface area contributed by atoms with E-state index in [-0.39, 0.29) is 10.1 Å². The maximum atomic E-state index is 12.3. The van der Waals surface area contributed by atoms with Crippen LogP contribution in [0.3, 0.4) is 0 Å². The standard InChI is InChI=1S/C18H23N3O3S2/c22-18(20-10-8-14-4-2-9-19-13-14)15-5-1-6-16(12-15)21-26(23,24)17-7-3-11-25-17/h1,3,5-7,11-12,14,19,21H,2,4,8-10,13H2,(H,20,22). The van der Waals surface area contributed by atoms with Crippen molar-refractivity contribution >= 4 is 33.0 Å². The van der Waals surface area contributed by atoms with Crippen molar-refractivity contribution in [3.05, 3.63) is 47.3 Å². The molecule has 1 saturated heterocycles. The smallest absolute Gasteiger partial charge is 0.271 e. The summed E-state index contributed by atoms with van der Waals surface area (Å²) in [7, 11) is -3.61. The number of nitrogens with one attached hydrogen (secondary N) is 3. The first-order valence-corrected chi connectivity index (χ1v) is 11.1. The molecule has 0 spiro atoms. The van der Waals surface area contributed by atoms with Crippen molar-refractivity contribution < 1.29 is 13.2 Å². The first-order chi connectivity index (χ1) is 12.5. The fraction of sp³-hybridized carbons (Fsp3) is 0.389. The van der Waals surface area contributed by atoms with Gasteiger partial charge < -0.3 is 10.6 Å². The highest BCUT2D eigenvalue weighted by Gasteiger charge is 2.16. The SMILES string of the molecule is O=C(NCCC1CCCNC1)c1cccc(NS(=O)(=O)c2cccs2)c1. The summed E-state index contributed by atoms with van der Waals surface area (Å²) < 4.78 is 27.3. The Balaban J connectivity index is 1.57. The van der Waals surface area contributed by atoms with Crippen LogP contribution in [0.15, 0.2) is 46.0 Å². The molecule has 0 radical (unpaired) electrons. The summed E-state index contributed by atoms with van der Waals surface area (Å²) in [4.78, 5) is 12.3. The number of hydrogen-bond acceptors (Lipinski definition) is 5. The third kappa shape index (κ3) is 5.06. The van der Waals surface area contributed by atoms with Gasteiger partial charge in [0.25, 0.3) is 15.9 Å². The molecule has 0 bridgehead atoms. The van der Waals surface area contributed by atoms with Crippen molar-refractivity contribution in [2.45, 2.75) is 23.5 Å². The van der Waals surface area contributed by atoms with Crippen LogP contribution in [-0.2, 0) is 10.0 Å². The number of piperidine rings is 1. The second-order valence-electron chi connectivity index (χ2n) is 6.38. The van der Waals surface area contributed by atoms with E-state index in [1.165, 1.54) is 12.8 Å². The first kappa shape index (κ1) is 18.9. The number of benzene rings is 1. The zero-order valence-electron chi connectivity index (χ0n) is 14.4. The quantitative estimate of drug-likeness (QED) is 0.675. The molecule has 6 nitrogen and oxygen atoms in total. The summed E-state index contributed by atoms with van der Waals surface area (Å²) >= 11 is 1.15. The van der Waals surface area contributed by atoms with Crippen LogP contribution in [-0.4, -0.2) is 34.0 Å². The van der Waals surface area contributed by atoms with Crippen molar-refractivity contribution in [2.75, 3.05) is 24.4 Å². The molecule has 0 saturated carbocycles. The van der Waals surface area contributed by atoms with E-state index >= 15 is 0 Å². The second-order valence-corrected chi connectivity index (χ2v) is 9.23. The van der Waals surface area contributed by atoms with Crippen LogP contribution in [0.5, 0.6) is 0 Å². The number of hydrogen-bond donors (Lipinski definition) is 3. The van der Waals surface area contributed by atoms with E-state index in [0.29, 0.717) is 23.7 Å². The molecule has 1 unspecified atom stereocenters. The van der Waals surface area contributed by atoms with Gasteiger partial charge in [0.1, 0.15) is 4.21 Å². The van der Waals surface area contributed by atoms with Crippen LogP contribution < -0.4 is 15.4 Å². The minimum atomic E-state index is -3.61. The summed E-state index contributed by atoms with van der Waals surface area (Å²) in [6.45, 7) is 2.71. The summed E-state index contributed by atoms with van der Waals surface area (Å²) in [5.41, 5.74) is 0.820. The Bertz CT molecular complexity index is 829. The molecule has 1 amide bonds. The molecule has 8 heteroatoms. The van der Waals surface area contributed by atoms with Gasteiger partial charge in [-0.05, 0) is 67.9 Å². The van der Waals surface area contributed by atoms with Crippen molar-refractivity contribution in [2.24, 2.45) is 5.92 Å². The molecule has 1 atom stereocenters. The van der Waals surface area contributed by atoms with Gasteiger partial charge in [0, 0.05) is 17.8 Å². The molecular formula is C18H23N3O3S2. The zero-order chi connectivity index (χ0) is 18.4. The van der Waals surface area contributed by atoms with E-state index in [0.717, 1.165) is 30.8 Å². The molecule has 0 aliphatic carbocycles. The van der Waals surface area contributed by atoms with Crippen LogP contribution in [0.1, 0.15) is 29.6 Å². The van der Waals surface area contributed by atoms with Crippen LogP contribution >= 0.6 is 11.3 Å². The summed E-state index contributed by atoms with van der Waals surface area (Å²) in [5, 5.41) is 8.00. The molecule has 26 heavy (non-hydrogen) atoms. The number of anilines is 1. The molecule has 1 aromatic heterocycles. The topological polar surface area (TPSA) is 87.3 Å². The summed E-state index contributed by atoms with van der Waals surface area (Å²) in [5.74, 6) is 0.416. The Labute approximate surface area is 158 Å². The molecule has 1 aliphatic heterocycles. The lowest BCUT2D eigenvalue weighted by Gasteiger charge is -2.22. The van der Waals surface area contributed by atoms with E-state index in [1.54, 1.807) is 41.8 Å². The molecule has 3 N–H and O–H groups in total. The Morgan fingerprint density at radius 1 is 1.27 bits per heavy atom. The van der Waals surface area contributed by atoms with Gasteiger partial charge in [0.15, 0.2) is 0 Å². The van der Waals surface area contributed by atoms with Gasteiger partial charge in [-0.15, -0.1) is 11.3 Å². The van der Waals surface area contributed by atoms with Crippen molar-refractivity contribution in [3.63, 3.8) is 0 Å². The Morgan fingerprint density at radius 2 is 2.15 bits per heavy atom. The normalized spacial score (nSPS) is 17.6. The summed E-state index contributed by atoms with van der Waals surface area (Å²) in [6, 6.07) is 9.78. The number of thiophene rings is 1.